The highest BCUT2D eigenvalue weighted by atomic mass is 32.2. The van der Waals surface area contributed by atoms with Crippen LogP contribution in [0.1, 0.15) is 68.6 Å². The Balaban J connectivity index is 1.60. The number of carbonyl (C=O) groups is 2. The van der Waals surface area contributed by atoms with Gasteiger partial charge in [0.05, 0.1) is 18.6 Å². The molecule has 45 heavy (non-hydrogen) atoms. The first-order valence-corrected chi connectivity index (χ1v) is 17.9. The van der Waals surface area contributed by atoms with Crippen molar-refractivity contribution in [3.63, 3.8) is 0 Å². The summed E-state index contributed by atoms with van der Waals surface area (Å²) < 4.78 is 32.8. The number of sulfonamides is 1. The Labute approximate surface area is 268 Å². The second kappa shape index (κ2) is 16.5. The molecule has 0 radical (unpaired) electrons. The summed E-state index contributed by atoms with van der Waals surface area (Å²) in [5.41, 5.74) is 3.43. The highest BCUT2D eigenvalue weighted by molar-refractivity contribution is 7.92. The van der Waals surface area contributed by atoms with E-state index < -0.39 is 16.1 Å². The van der Waals surface area contributed by atoms with E-state index in [1.807, 2.05) is 68.4 Å². The van der Waals surface area contributed by atoms with E-state index in [0.29, 0.717) is 24.5 Å². The van der Waals surface area contributed by atoms with Gasteiger partial charge in [-0.15, -0.1) is 0 Å². The monoisotopic (exact) mass is 633 g/mol. The minimum atomic E-state index is -3.65. The third kappa shape index (κ3) is 10.1. The number of carbonyl (C=O) groups excluding carboxylic acids is 2. The number of ether oxygens (including phenoxy) is 1. The second-order valence-corrected chi connectivity index (χ2v) is 13.8. The molecule has 0 heterocycles. The van der Waals surface area contributed by atoms with Crippen LogP contribution in [-0.2, 0) is 32.6 Å². The fraction of sp³-hybridized carbons (Fsp3) is 0.444. The number of nitrogens with zero attached hydrogens (tertiary/aromatic N) is 2. The molecule has 1 N–H and O–H groups in total. The van der Waals surface area contributed by atoms with Gasteiger partial charge in [0.25, 0.3) is 0 Å². The van der Waals surface area contributed by atoms with E-state index in [9.17, 15) is 18.0 Å². The zero-order chi connectivity index (χ0) is 32.2. The molecule has 3 aromatic carbocycles. The highest BCUT2D eigenvalue weighted by Crippen LogP contribution is 2.30. The van der Waals surface area contributed by atoms with Gasteiger partial charge in [-0.25, -0.2) is 8.42 Å². The number of para-hydroxylation sites is 2. The van der Waals surface area contributed by atoms with Crippen LogP contribution in [-0.4, -0.2) is 56.6 Å². The van der Waals surface area contributed by atoms with Gasteiger partial charge in [0, 0.05) is 32.0 Å². The molecule has 9 heteroatoms. The number of hydrogen-bond donors (Lipinski definition) is 1. The Hall–Kier alpha value is -3.85. The summed E-state index contributed by atoms with van der Waals surface area (Å²) >= 11 is 0. The number of anilines is 1. The van der Waals surface area contributed by atoms with Crippen LogP contribution in [0.5, 0.6) is 5.75 Å². The number of amides is 2. The summed E-state index contributed by atoms with van der Waals surface area (Å²) in [6, 6.07) is 24.2. The molecule has 1 fully saturated rings. The lowest BCUT2D eigenvalue weighted by Gasteiger charge is -2.34. The molecule has 0 bridgehead atoms. The molecule has 0 aromatic heterocycles. The van der Waals surface area contributed by atoms with Crippen LogP contribution in [0.25, 0.3) is 0 Å². The summed E-state index contributed by atoms with van der Waals surface area (Å²) in [4.78, 5) is 29.9. The average Bonchev–Trinajstić information content (AvgIpc) is 3.02. The van der Waals surface area contributed by atoms with Crippen molar-refractivity contribution in [3.05, 3.63) is 95.6 Å². The first-order valence-electron chi connectivity index (χ1n) is 16.0. The van der Waals surface area contributed by atoms with Gasteiger partial charge in [-0.05, 0) is 56.4 Å². The Morgan fingerprint density at radius 3 is 2.31 bits per heavy atom. The number of hydrogen-bond acceptors (Lipinski definition) is 5. The molecule has 3 aromatic rings. The molecule has 1 saturated carbocycles. The van der Waals surface area contributed by atoms with Crippen LogP contribution in [0.3, 0.4) is 0 Å². The second-order valence-electron chi connectivity index (χ2n) is 11.9. The number of nitrogens with one attached hydrogen (secondary N) is 1. The minimum absolute atomic E-state index is 0.0800. The number of aryl methyl sites for hydroxylation is 1. The SMILES string of the molecule is CCOc1ccccc1N(CCCC(=O)N(Cc1cccc(C)c1)C(Cc1ccccc1)C(=O)NC1CCCCC1)S(C)(=O)=O. The van der Waals surface area contributed by atoms with Gasteiger partial charge in [-0.1, -0.05) is 91.6 Å². The van der Waals surface area contributed by atoms with Gasteiger partial charge in [-0.3, -0.25) is 13.9 Å². The number of rotatable bonds is 15. The zero-order valence-electron chi connectivity index (χ0n) is 26.8. The van der Waals surface area contributed by atoms with Crippen LogP contribution in [0.15, 0.2) is 78.9 Å². The van der Waals surface area contributed by atoms with Crippen molar-refractivity contribution in [2.24, 2.45) is 0 Å². The van der Waals surface area contributed by atoms with Gasteiger partial charge in [0.2, 0.25) is 21.8 Å². The molecule has 1 unspecified atom stereocenters. The lowest BCUT2D eigenvalue weighted by molar-refractivity contribution is -0.141. The molecule has 2 amide bonds. The molecule has 8 nitrogen and oxygen atoms in total. The molecule has 4 rings (SSSR count). The summed E-state index contributed by atoms with van der Waals surface area (Å²) in [5, 5.41) is 3.27. The normalized spacial score (nSPS) is 14.4. The van der Waals surface area contributed by atoms with E-state index in [1.54, 1.807) is 29.2 Å². The van der Waals surface area contributed by atoms with E-state index in [2.05, 4.69) is 5.32 Å². The van der Waals surface area contributed by atoms with E-state index in [-0.39, 0.29) is 43.8 Å². The van der Waals surface area contributed by atoms with Crippen molar-refractivity contribution in [1.82, 2.24) is 10.2 Å². The van der Waals surface area contributed by atoms with Crippen LogP contribution in [0, 0.1) is 6.92 Å². The Morgan fingerprint density at radius 1 is 0.933 bits per heavy atom. The quantitative estimate of drug-likeness (QED) is 0.221. The third-order valence-corrected chi connectivity index (χ3v) is 9.42. The lowest BCUT2D eigenvalue weighted by atomic mass is 9.94. The molecule has 0 aliphatic heterocycles. The Kier molecular flexibility index (Phi) is 12.4. The van der Waals surface area contributed by atoms with Crippen molar-refractivity contribution in [2.75, 3.05) is 23.7 Å². The minimum Gasteiger partial charge on any atom is -0.492 e. The fourth-order valence-corrected chi connectivity index (χ4v) is 7.00. The maximum absolute atomic E-state index is 14.2. The van der Waals surface area contributed by atoms with Crippen molar-refractivity contribution in [2.45, 2.75) is 83.8 Å². The van der Waals surface area contributed by atoms with Gasteiger partial charge in [0.1, 0.15) is 11.8 Å². The Bertz CT molecular complexity index is 1510. The van der Waals surface area contributed by atoms with Gasteiger partial charge in [-0.2, -0.15) is 0 Å². The van der Waals surface area contributed by atoms with Crippen molar-refractivity contribution in [3.8, 4) is 5.75 Å². The van der Waals surface area contributed by atoms with Crippen LogP contribution >= 0.6 is 0 Å². The van der Waals surface area contributed by atoms with Crippen molar-refractivity contribution < 1.29 is 22.7 Å². The van der Waals surface area contributed by atoms with E-state index >= 15 is 0 Å². The predicted molar refractivity (Wildman–Crippen MR) is 180 cm³/mol. The standard InChI is InChI=1S/C36H47N3O5S/c1-4-44-34-22-12-11-21-32(34)39(45(3,42)43)24-14-23-35(40)38(27-30-18-13-15-28(2)25-30)33(26-29-16-7-5-8-17-29)36(41)37-31-19-9-6-10-20-31/h5,7-8,11-13,15-18,21-22,25,31,33H,4,6,9-10,14,19-20,23-24,26-27H2,1-3H3,(H,37,41). The van der Waals surface area contributed by atoms with Crippen molar-refractivity contribution in [1.29, 1.82) is 0 Å². The molecule has 1 atom stereocenters. The van der Waals surface area contributed by atoms with Crippen LogP contribution in [0.2, 0.25) is 0 Å². The van der Waals surface area contributed by atoms with Gasteiger partial charge < -0.3 is 15.0 Å². The third-order valence-electron chi connectivity index (χ3n) is 8.24. The summed E-state index contributed by atoms with van der Waals surface area (Å²) in [6.45, 7) is 4.63. The first kappa shape index (κ1) is 34.0. The Morgan fingerprint density at radius 2 is 1.62 bits per heavy atom. The van der Waals surface area contributed by atoms with E-state index in [1.165, 1.54) is 10.7 Å². The average molecular weight is 634 g/mol. The summed E-state index contributed by atoms with van der Waals surface area (Å²) in [6.07, 6.45) is 7.14. The van der Waals surface area contributed by atoms with Crippen LogP contribution < -0.4 is 14.4 Å². The summed E-state index contributed by atoms with van der Waals surface area (Å²) in [5.74, 6) is 0.137. The summed E-state index contributed by atoms with van der Waals surface area (Å²) in [7, 11) is -3.65. The van der Waals surface area contributed by atoms with Crippen molar-refractivity contribution >= 4 is 27.5 Å². The van der Waals surface area contributed by atoms with Gasteiger partial charge >= 0.3 is 0 Å². The molecule has 242 valence electrons. The zero-order valence-corrected chi connectivity index (χ0v) is 27.6. The predicted octanol–water partition coefficient (Wildman–Crippen LogP) is 6.03. The van der Waals surface area contributed by atoms with E-state index in [0.717, 1.165) is 48.6 Å². The largest absolute Gasteiger partial charge is 0.492 e. The molecule has 1 aliphatic carbocycles. The number of benzene rings is 3. The topological polar surface area (TPSA) is 96.0 Å². The molecular formula is C36H47N3O5S. The first-order chi connectivity index (χ1) is 21.7. The molecule has 0 spiro atoms. The lowest BCUT2D eigenvalue weighted by Crippen LogP contribution is -2.53. The maximum Gasteiger partial charge on any atom is 0.243 e. The van der Waals surface area contributed by atoms with Crippen LogP contribution in [0.4, 0.5) is 5.69 Å². The van der Waals surface area contributed by atoms with E-state index in [4.69, 9.17) is 4.74 Å². The molecule has 0 saturated heterocycles. The highest BCUT2D eigenvalue weighted by Gasteiger charge is 2.32. The molecular weight excluding hydrogens is 586 g/mol. The smallest absolute Gasteiger partial charge is 0.243 e. The maximum atomic E-state index is 14.2. The van der Waals surface area contributed by atoms with Gasteiger partial charge in [0.15, 0.2) is 0 Å². The molecule has 1 aliphatic rings. The fourth-order valence-electron chi connectivity index (χ4n) is 6.03.